The van der Waals surface area contributed by atoms with Crippen molar-refractivity contribution in [1.82, 2.24) is 20.6 Å². The monoisotopic (exact) mass is 361 g/mol. The molecule has 0 spiro atoms. The zero-order valence-electron chi connectivity index (χ0n) is 11.0. The first-order chi connectivity index (χ1) is 10.6. The van der Waals surface area contributed by atoms with Crippen LogP contribution in [0.5, 0.6) is 0 Å². The van der Waals surface area contributed by atoms with Gasteiger partial charge in [0, 0.05) is 15.7 Å². The number of carbonyl (C=O) groups excluding carboxylic acids is 1. The number of amides is 1. The highest BCUT2D eigenvalue weighted by Gasteiger charge is 2.12. The second kappa shape index (κ2) is 6.02. The first kappa shape index (κ1) is 14.3. The van der Waals surface area contributed by atoms with E-state index < -0.39 is 11.7 Å². The number of rotatable bonds is 3. The molecule has 0 fully saturated rings. The summed E-state index contributed by atoms with van der Waals surface area (Å²) in [4.78, 5) is 12.2. The Morgan fingerprint density at radius 3 is 2.86 bits per heavy atom. The highest BCUT2D eigenvalue weighted by atomic mass is 79.9. The van der Waals surface area contributed by atoms with Gasteiger partial charge in [-0.3, -0.25) is 4.79 Å². The highest BCUT2D eigenvalue weighted by molar-refractivity contribution is 9.10. The molecule has 1 heterocycles. The van der Waals surface area contributed by atoms with E-state index in [0.717, 1.165) is 0 Å². The largest absolute Gasteiger partial charge is 0.322 e. The summed E-state index contributed by atoms with van der Waals surface area (Å²) < 4.78 is 13.8. The minimum absolute atomic E-state index is 0.213. The van der Waals surface area contributed by atoms with E-state index in [4.69, 9.17) is 0 Å². The molecule has 0 aliphatic heterocycles. The average Bonchev–Trinajstić information content (AvgIpc) is 3.04. The molecule has 0 aliphatic rings. The van der Waals surface area contributed by atoms with Gasteiger partial charge >= 0.3 is 0 Å². The number of nitrogens with zero attached hydrogens (tertiary/aromatic N) is 3. The Morgan fingerprint density at radius 1 is 1.23 bits per heavy atom. The first-order valence-corrected chi connectivity index (χ1v) is 7.03. The Morgan fingerprint density at radius 2 is 2.09 bits per heavy atom. The highest BCUT2D eigenvalue weighted by Crippen LogP contribution is 2.22. The molecule has 0 unspecified atom stereocenters. The van der Waals surface area contributed by atoms with Crippen LogP contribution in [0.15, 0.2) is 46.9 Å². The van der Waals surface area contributed by atoms with Gasteiger partial charge < -0.3 is 5.32 Å². The maximum Gasteiger partial charge on any atom is 0.256 e. The van der Waals surface area contributed by atoms with Crippen molar-refractivity contribution in [2.45, 2.75) is 0 Å². The van der Waals surface area contributed by atoms with Gasteiger partial charge in [0.2, 0.25) is 5.82 Å². The van der Waals surface area contributed by atoms with Crippen molar-refractivity contribution in [2.24, 2.45) is 0 Å². The summed E-state index contributed by atoms with van der Waals surface area (Å²) in [7, 11) is 0. The van der Waals surface area contributed by atoms with Crippen LogP contribution in [0.4, 0.5) is 10.1 Å². The number of anilines is 1. The lowest BCUT2D eigenvalue weighted by molar-refractivity contribution is 0.102. The molecule has 0 atom stereocenters. The standard InChI is InChI=1S/C14H9BrFN5O/c15-12-5-4-9(16)7-11(12)14(22)17-10-3-1-2-8(6-10)13-18-20-21-19-13/h1-7H,(H,17,22)(H,18,19,20,21). The minimum atomic E-state index is -0.478. The van der Waals surface area contributed by atoms with Crippen LogP contribution in [0.3, 0.4) is 0 Å². The molecular weight excluding hydrogens is 353 g/mol. The molecule has 22 heavy (non-hydrogen) atoms. The third-order valence-corrected chi connectivity index (χ3v) is 3.59. The van der Waals surface area contributed by atoms with Gasteiger partial charge in [-0.2, -0.15) is 5.21 Å². The zero-order valence-corrected chi connectivity index (χ0v) is 12.6. The van der Waals surface area contributed by atoms with Crippen LogP contribution >= 0.6 is 15.9 Å². The normalized spacial score (nSPS) is 10.5. The fraction of sp³-hybridized carbons (Fsp3) is 0. The van der Waals surface area contributed by atoms with Gasteiger partial charge in [-0.05, 0) is 51.5 Å². The molecule has 1 aromatic heterocycles. The molecule has 2 N–H and O–H groups in total. The topological polar surface area (TPSA) is 83.6 Å². The number of halogens is 2. The second-order valence-electron chi connectivity index (χ2n) is 4.39. The van der Waals surface area contributed by atoms with Gasteiger partial charge in [-0.15, -0.1) is 10.2 Å². The predicted molar refractivity (Wildman–Crippen MR) is 81.7 cm³/mol. The minimum Gasteiger partial charge on any atom is -0.322 e. The van der Waals surface area contributed by atoms with Crippen molar-refractivity contribution >= 4 is 27.5 Å². The first-order valence-electron chi connectivity index (χ1n) is 6.24. The maximum atomic E-state index is 13.3. The number of hydrogen-bond acceptors (Lipinski definition) is 4. The Labute approximate surface area is 132 Å². The molecule has 110 valence electrons. The van der Waals surface area contributed by atoms with Crippen molar-refractivity contribution in [2.75, 3.05) is 5.32 Å². The predicted octanol–water partition coefficient (Wildman–Crippen LogP) is 3.02. The molecular formula is C14H9BrFN5O. The summed E-state index contributed by atoms with van der Waals surface area (Å²) in [5.41, 5.74) is 1.46. The molecule has 0 saturated heterocycles. The van der Waals surface area contributed by atoms with E-state index in [2.05, 4.69) is 41.9 Å². The third kappa shape index (κ3) is 3.01. The fourth-order valence-corrected chi connectivity index (χ4v) is 2.32. The average molecular weight is 362 g/mol. The number of benzene rings is 2. The van der Waals surface area contributed by atoms with Gasteiger partial charge in [-0.25, -0.2) is 4.39 Å². The van der Waals surface area contributed by atoms with Gasteiger partial charge in [0.25, 0.3) is 5.91 Å². The van der Waals surface area contributed by atoms with E-state index >= 15 is 0 Å². The summed E-state index contributed by atoms with van der Waals surface area (Å²) in [6.07, 6.45) is 0. The fourth-order valence-electron chi connectivity index (χ4n) is 1.89. The number of tetrazole rings is 1. The smallest absolute Gasteiger partial charge is 0.256 e. The second-order valence-corrected chi connectivity index (χ2v) is 5.25. The van der Waals surface area contributed by atoms with Crippen LogP contribution < -0.4 is 5.32 Å². The van der Waals surface area contributed by atoms with Crippen molar-refractivity contribution in [3.63, 3.8) is 0 Å². The van der Waals surface area contributed by atoms with Gasteiger partial charge in [0.05, 0.1) is 5.56 Å². The zero-order chi connectivity index (χ0) is 15.5. The van der Waals surface area contributed by atoms with Crippen molar-refractivity contribution in [3.05, 3.63) is 58.3 Å². The lowest BCUT2D eigenvalue weighted by Crippen LogP contribution is -2.13. The molecule has 3 rings (SSSR count). The van der Waals surface area contributed by atoms with Crippen LogP contribution in [0.2, 0.25) is 0 Å². The van der Waals surface area contributed by atoms with Crippen LogP contribution in [0.25, 0.3) is 11.4 Å². The van der Waals surface area contributed by atoms with E-state index in [0.29, 0.717) is 21.5 Å². The van der Waals surface area contributed by atoms with E-state index in [1.54, 1.807) is 24.3 Å². The number of aromatic nitrogens is 4. The molecule has 0 saturated carbocycles. The summed E-state index contributed by atoms with van der Waals surface area (Å²) in [6, 6.07) is 10.9. The molecule has 2 aromatic carbocycles. The number of H-pyrrole nitrogens is 1. The molecule has 3 aromatic rings. The summed E-state index contributed by atoms with van der Waals surface area (Å²) in [6.45, 7) is 0. The Bertz CT molecular complexity index is 822. The van der Waals surface area contributed by atoms with Crippen LogP contribution in [0, 0.1) is 5.82 Å². The SMILES string of the molecule is O=C(Nc1cccc(-c2nn[nH]n2)c1)c1cc(F)ccc1Br. The van der Waals surface area contributed by atoms with Crippen LogP contribution in [0.1, 0.15) is 10.4 Å². The number of aromatic amines is 1. The number of nitrogens with one attached hydrogen (secondary N) is 2. The van der Waals surface area contributed by atoms with Crippen molar-refractivity contribution < 1.29 is 9.18 Å². The van der Waals surface area contributed by atoms with E-state index in [1.165, 1.54) is 18.2 Å². The molecule has 0 radical (unpaired) electrons. The van der Waals surface area contributed by atoms with Gasteiger partial charge in [0.1, 0.15) is 5.82 Å². The number of carbonyl (C=O) groups is 1. The third-order valence-electron chi connectivity index (χ3n) is 2.90. The summed E-state index contributed by atoms with van der Waals surface area (Å²) >= 11 is 3.23. The molecule has 6 nitrogen and oxygen atoms in total. The number of hydrogen-bond donors (Lipinski definition) is 2. The lowest BCUT2D eigenvalue weighted by atomic mass is 10.1. The molecule has 8 heteroatoms. The summed E-state index contributed by atoms with van der Waals surface area (Å²) in [5, 5.41) is 16.3. The Kier molecular flexibility index (Phi) is 3.92. The van der Waals surface area contributed by atoms with E-state index in [-0.39, 0.29) is 5.56 Å². The van der Waals surface area contributed by atoms with Crippen molar-refractivity contribution in [3.8, 4) is 11.4 Å². The molecule has 1 amide bonds. The van der Waals surface area contributed by atoms with Gasteiger partial charge in [0.15, 0.2) is 0 Å². The van der Waals surface area contributed by atoms with Crippen LogP contribution in [-0.2, 0) is 0 Å². The quantitative estimate of drug-likeness (QED) is 0.750. The van der Waals surface area contributed by atoms with E-state index in [1.807, 2.05) is 0 Å². The molecule has 0 bridgehead atoms. The van der Waals surface area contributed by atoms with E-state index in [9.17, 15) is 9.18 Å². The van der Waals surface area contributed by atoms with Gasteiger partial charge in [-0.1, -0.05) is 12.1 Å². The summed E-state index contributed by atoms with van der Waals surface area (Å²) in [5.74, 6) is -0.478. The van der Waals surface area contributed by atoms with Crippen LogP contribution in [-0.4, -0.2) is 26.5 Å². The van der Waals surface area contributed by atoms with Crippen molar-refractivity contribution in [1.29, 1.82) is 0 Å². The maximum absolute atomic E-state index is 13.3. The lowest BCUT2D eigenvalue weighted by Gasteiger charge is -2.08. The Hall–Kier alpha value is -2.61. The molecule has 0 aliphatic carbocycles. The Balaban J connectivity index is 1.85.